The first kappa shape index (κ1) is 8.21. The van der Waals surface area contributed by atoms with E-state index in [2.05, 4.69) is 0 Å². The summed E-state index contributed by atoms with van der Waals surface area (Å²) in [5.74, 6) is -2.88. The fraction of sp³-hybridized carbons (Fsp3) is 1.00. The normalized spacial score (nSPS) is 36.9. The molecular weight excluding hydrogens is 160 g/mol. The van der Waals surface area contributed by atoms with E-state index in [4.69, 9.17) is 5.73 Å². The molecule has 10 heavy (non-hydrogen) atoms. The van der Waals surface area contributed by atoms with Crippen LogP contribution >= 0.6 is 12.4 Å². The van der Waals surface area contributed by atoms with Gasteiger partial charge >= 0.3 is 0 Å². The summed E-state index contributed by atoms with van der Waals surface area (Å²) in [7, 11) is 0. The number of halogens is 3. The third-order valence-electron chi connectivity index (χ3n) is 2.71. The molecule has 1 nitrogen and oxygen atoms in total. The molecule has 0 heterocycles. The van der Waals surface area contributed by atoms with E-state index < -0.39 is 17.3 Å². The highest BCUT2D eigenvalue weighted by Gasteiger charge is 2.85. The lowest BCUT2D eigenvalue weighted by atomic mass is 10.3. The summed E-state index contributed by atoms with van der Waals surface area (Å²) < 4.78 is 25.1. The molecule has 0 amide bonds. The number of rotatable bonds is 1. The molecular formula is C6H10ClF2N. The average molecular weight is 170 g/mol. The molecule has 60 valence electrons. The molecule has 1 atom stereocenters. The third-order valence-corrected chi connectivity index (χ3v) is 2.71. The first-order chi connectivity index (χ1) is 4.15. The molecule has 2 aliphatic carbocycles. The van der Waals surface area contributed by atoms with Gasteiger partial charge in [0.05, 0.1) is 0 Å². The largest absolute Gasteiger partial charge is 0.330 e. The van der Waals surface area contributed by atoms with Gasteiger partial charge in [0.25, 0.3) is 5.92 Å². The molecule has 2 N–H and O–H groups in total. The smallest absolute Gasteiger partial charge is 0.258 e. The standard InChI is InChI=1S/C6H9F2N.ClH/c7-6(8)4(3-9)5(6)1-2-5;/h4H,1-3,9H2;1H. The summed E-state index contributed by atoms with van der Waals surface area (Å²) in [6.07, 6.45) is 1.39. The van der Waals surface area contributed by atoms with E-state index in [0.29, 0.717) is 12.8 Å². The molecule has 0 saturated heterocycles. The zero-order valence-corrected chi connectivity index (χ0v) is 6.26. The first-order valence-corrected chi connectivity index (χ1v) is 3.23. The maximum atomic E-state index is 12.6. The van der Waals surface area contributed by atoms with Gasteiger partial charge in [-0.05, 0) is 12.8 Å². The van der Waals surface area contributed by atoms with Crippen molar-refractivity contribution in [2.75, 3.05) is 6.54 Å². The molecule has 2 saturated carbocycles. The van der Waals surface area contributed by atoms with Gasteiger partial charge in [-0.3, -0.25) is 0 Å². The van der Waals surface area contributed by atoms with Crippen molar-refractivity contribution in [2.45, 2.75) is 18.8 Å². The maximum Gasteiger partial charge on any atom is 0.258 e. The second-order valence-electron chi connectivity index (χ2n) is 3.07. The molecule has 1 spiro atoms. The summed E-state index contributed by atoms with van der Waals surface area (Å²) in [6.45, 7) is 0.160. The van der Waals surface area contributed by atoms with Gasteiger partial charge in [-0.15, -0.1) is 12.4 Å². The summed E-state index contributed by atoms with van der Waals surface area (Å²) in [5, 5.41) is 0. The predicted octanol–water partition coefficient (Wildman–Crippen LogP) is 1.41. The summed E-state index contributed by atoms with van der Waals surface area (Å²) >= 11 is 0. The number of hydrogen-bond donors (Lipinski definition) is 1. The minimum atomic E-state index is -2.40. The van der Waals surface area contributed by atoms with Crippen molar-refractivity contribution >= 4 is 12.4 Å². The van der Waals surface area contributed by atoms with Crippen molar-refractivity contribution in [1.82, 2.24) is 0 Å². The third kappa shape index (κ3) is 0.601. The highest BCUT2D eigenvalue weighted by molar-refractivity contribution is 5.85. The Morgan fingerprint density at radius 2 is 1.90 bits per heavy atom. The van der Waals surface area contributed by atoms with Gasteiger partial charge in [0.2, 0.25) is 0 Å². The van der Waals surface area contributed by atoms with Crippen LogP contribution in [-0.4, -0.2) is 12.5 Å². The van der Waals surface area contributed by atoms with Crippen LogP contribution in [0.5, 0.6) is 0 Å². The van der Waals surface area contributed by atoms with Gasteiger partial charge in [-0.25, -0.2) is 8.78 Å². The van der Waals surface area contributed by atoms with Crippen LogP contribution in [0.25, 0.3) is 0 Å². The minimum Gasteiger partial charge on any atom is -0.330 e. The van der Waals surface area contributed by atoms with Gasteiger partial charge in [0.15, 0.2) is 0 Å². The van der Waals surface area contributed by atoms with Gasteiger partial charge < -0.3 is 5.73 Å². The zero-order valence-electron chi connectivity index (χ0n) is 5.44. The lowest BCUT2D eigenvalue weighted by Gasteiger charge is -1.87. The quantitative estimate of drug-likeness (QED) is 0.631. The molecule has 2 rings (SSSR count). The second kappa shape index (κ2) is 1.83. The fourth-order valence-corrected chi connectivity index (χ4v) is 1.78. The van der Waals surface area contributed by atoms with E-state index in [1.54, 1.807) is 0 Å². The highest BCUT2D eigenvalue weighted by Crippen LogP contribution is 2.79. The van der Waals surface area contributed by atoms with Crippen molar-refractivity contribution in [3.05, 3.63) is 0 Å². The van der Waals surface area contributed by atoms with Crippen LogP contribution in [0.2, 0.25) is 0 Å². The van der Waals surface area contributed by atoms with Crippen LogP contribution in [0.15, 0.2) is 0 Å². The van der Waals surface area contributed by atoms with Crippen molar-refractivity contribution in [3.8, 4) is 0 Å². The minimum absolute atomic E-state index is 0. The Kier molecular flexibility index (Phi) is 1.50. The molecule has 0 aromatic rings. The number of hydrogen-bond acceptors (Lipinski definition) is 1. The highest BCUT2D eigenvalue weighted by atomic mass is 35.5. The Morgan fingerprint density at radius 3 is 2.00 bits per heavy atom. The summed E-state index contributed by atoms with van der Waals surface area (Å²) in [4.78, 5) is 0. The van der Waals surface area contributed by atoms with Crippen LogP contribution in [0.3, 0.4) is 0 Å². The molecule has 4 heteroatoms. The average Bonchev–Trinajstić information content (AvgIpc) is 2.54. The molecule has 0 aromatic heterocycles. The SMILES string of the molecule is Cl.NCC1C(F)(F)C12CC2. The fourth-order valence-electron chi connectivity index (χ4n) is 1.78. The lowest BCUT2D eigenvalue weighted by molar-refractivity contribution is 0.0808. The Balaban J connectivity index is 0.000000500. The van der Waals surface area contributed by atoms with E-state index in [1.807, 2.05) is 0 Å². The molecule has 0 aromatic carbocycles. The van der Waals surface area contributed by atoms with Crippen LogP contribution in [0.4, 0.5) is 8.78 Å². The Morgan fingerprint density at radius 1 is 1.40 bits per heavy atom. The van der Waals surface area contributed by atoms with E-state index >= 15 is 0 Å². The monoisotopic (exact) mass is 169 g/mol. The molecule has 0 aliphatic heterocycles. The van der Waals surface area contributed by atoms with Gasteiger partial charge in [-0.2, -0.15) is 0 Å². The van der Waals surface area contributed by atoms with Gasteiger partial charge in [0.1, 0.15) is 0 Å². The molecule has 0 bridgehead atoms. The van der Waals surface area contributed by atoms with E-state index in [1.165, 1.54) is 0 Å². The van der Waals surface area contributed by atoms with Crippen LogP contribution in [0, 0.1) is 11.3 Å². The van der Waals surface area contributed by atoms with E-state index in [9.17, 15) is 8.78 Å². The molecule has 2 aliphatic rings. The van der Waals surface area contributed by atoms with Crippen LogP contribution < -0.4 is 5.73 Å². The summed E-state index contributed by atoms with van der Waals surface area (Å²) in [5.41, 5.74) is 4.55. The van der Waals surface area contributed by atoms with Crippen molar-refractivity contribution in [1.29, 1.82) is 0 Å². The van der Waals surface area contributed by atoms with E-state index in [0.717, 1.165) is 0 Å². The van der Waals surface area contributed by atoms with Crippen molar-refractivity contribution in [3.63, 3.8) is 0 Å². The van der Waals surface area contributed by atoms with E-state index in [-0.39, 0.29) is 19.0 Å². The maximum absolute atomic E-state index is 12.6. The zero-order chi connectivity index (χ0) is 6.70. The first-order valence-electron chi connectivity index (χ1n) is 3.23. The van der Waals surface area contributed by atoms with Gasteiger partial charge in [0, 0.05) is 17.9 Å². The second-order valence-corrected chi connectivity index (χ2v) is 3.07. The van der Waals surface area contributed by atoms with Crippen LogP contribution in [-0.2, 0) is 0 Å². The Bertz CT molecular complexity index is 152. The summed E-state index contributed by atoms with van der Waals surface area (Å²) in [6, 6.07) is 0. The number of nitrogens with two attached hydrogens (primary N) is 1. The topological polar surface area (TPSA) is 26.0 Å². The van der Waals surface area contributed by atoms with Gasteiger partial charge in [-0.1, -0.05) is 0 Å². The predicted molar refractivity (Wildman–Crippen MR) is 36.4 cm³/mol. The molecule has 1 unspecified atom stereocenters. The Labute approximate surface area is 64.4 Å². The number of alkyl halides is 2. The van der Waals surface area contributed by atoms with Crippen molar-refractivity contribution < 1.29 is 8.78 Å². The van der Waals surface area contributed by atoms with Crippen LogP contribution in [0.1, 0.15) is 12.8 Å². The Hall–Kier alpha value is 0.110. The lowest BCUT2D eigenvalue weighted by Crippen LogP contribution is -2.06. The van der Waals surface area contributed by atoms with Crippen molar-refractivity contribution in [2.24, 2.45) is 17.1 Å². The molecule has 2 fully saturated rings. The molecule has 0 radical (unpaired) electrons.